The number of nitrogens with zero attached hydrogens (tertiary/aromatic N) is 2. The van der Waals surface area contributed by atoms with Crippen molar-refractivity contribution in [3.63, 3.8) is 0 Å². The quantitative estimate of drug-likeness (QED) is 0.732. The number of pyridine rings is 1. The van der Waals surface area contributed by atoms with Crippen molar-refractivity contribution in [3.05, 3.63) is 42.2 Å². The molecule has 0 spiro atoms. The number of benzene rings is 1. The lowest BCUT2D eigenvalue weighted by Crippen LogP contribution is -2.32. The number of methoxy groups -OCH3 is 2. The highest BCUT2D eigenvalue weighted by Crippen LogP contribution is 2.31. The van der Waals surface area contributed by atoms with E-state index in [2.05, 4.69) is 24.1 Å². The van der Waals surface area contributed by atoms with Crippen molar-refractivity contribution in [3.8, 4) is 11.5 Å². The molecule has 0 radical (unpaired) electrons. The Bertz CT molecular complexity index is 728. The molecule has 0 fully saturated rings. The van der Waals surface area contributed by atoms with Crippen LogP contribution in [-0.2, 0) is 0 Å². The van der Waals surface area contributed by atoms with Crippen molar-refractivity contribution in [2.75, 3.05) is 32.6 Å². The minimum Gasteiger partial charge on any atom is -0.497 e. The van der Waals surface area contributed by atoms with Crippen LogP contribution in [0.2, 0.25) is 0 Å². The maximum atomic E-state index is 12.8. The number of hydrogen-bond acceptors (Lipinski definition) is 5. The van der Waals surface area contributed by atoms with Crippen molar-refractivity contribution in [2.45, 2.75) is 26.7 Å². The van der Waals surface area contributed by atoms with Gasteiger partial charge in [0.1, 0.15) is 11.5 Å². The number of hydrogen-bond donors (Lipinski definition) is 1. The standard InChI is InChI=1S/C20H27N3O3/c1-5-9-23(10-6-2)20(24)15-11-16(14-21-13-15)22-18-8-7-17(25-3)12-19(18)26-4/h7-8,11-14,22H,5-6,9-10H2,1-4H3. The third-order valence-electron chi connectivity index (χ3n) is 3.95. The van der Waals surface area contributed by atoms with Gasteiger partial charge < -0.3 is 19.7 Å². The zero-order valence-corrected chi connectivity index (χ0v) is 15.9. The van der Waals surface area contributed by atoms with Crippen LogP contribution in [0.5, 0.6) is 11.5 Å². The van der Waals surface area contributed by atoms with Crippen LogP contribution in [0.15, 0.2) is 36.7 Å². The van der Waals surface area contributed by atoms with E-state index in [0.717, 1.165) is 37.3 Å². The van der Waals surface area contributed by atoms with Crippen LogP contribution in [-0.4, -0.2) is 43.1 Å². The molecule has 26 heavy (non-hydrogen) atoms. The second kappa shape index (κ2) is 9.65. The molecule has 2 aromatic rings. The Morgan fingerprint density at radius 1 is 1.08 bits per heavy atom. The Balaban J connectivity index is 2.22. The van der Waals surface area contributed by atoms with E-state index < -0.39 is 0 Å². The van der Waals surface area contributed by atoms with E-state index in [9.17, 15) is 4.79 Å². The predicted molar refractivity (Wildman–Crippen MR) is 104 cm³/mol. The Kier molecular flexibility index (Phi) is 7.26. The maximum absolute atomic E-state index is 12.8. The Morgan fingerprint density at radius 2 is 1.81 bits per heavy atom. The van der Waals surface area contributed by atoms with Crippen LogP contribution < -0.4 is 14.8 Å². The highest BCUT2D eigenvalue weighted by molar-refractivity contribution is 5.95. The molecule has 0 aliphatic carbocycles. The Labute approximate surface area is 155 Å². The average molecular weight is 357 g/mol. The first-order chi connectivity index (χ1) is 12.6. The van der Waals surface area contributed by atoms with Crippen LogP contribution in [0.4, 0.5) is 11.4 Å². The van der Waals surface area contributed by atoms with Gasteiger partial charge in [-0.05, 0) is 31.0 Å². The van der Waals surface area contributed by atoms with Crippen molar-refractivity contribution < 1.29 is 14.3 Å². The van der Waals surface area contributed by atoms with Crippen molar-refractivity contribution in [1.82, 2.24) is 9.88 Å². The van der Waals surface area contributed by atoms with Crippen LogP contribution >= 0.6 is 0 Å². The summed E-state index contributed by atoms with van der Waals surface area (Å²) < 4.78 is 10.6. The second-order valence-electron chi connectivity index (χ2n) is 5.95. The Morgan fingerprint density at radius 3 is 2.42 bits per heavy atom. The number of carbonyl (C=O) groups excluding carboxylic acids is 1. The van der Waals surface area contributed by atoms with Crippen LogP contribution in [0.25, 0.3) is 0 Å². The highest BCUT2D eigenvalue weighted by atomic mass is 16.5. The van der Waals surface area contributed by atoms with Gasteiger partial charge in [0.25, 0.3) is 5.91 Å². The highest BCUT2D eigenvalue weighted by Gasteiger charge is 2.15. The molecule has 0 aliphatic rings. The number of aromatic nitrogens is 1. The van der Waals surface area contributed by atoms with Gasteiger partial charge >= 0.3 is 0 Å². The number of amides is 1. The lowest BCUT2D eigenvalue weighted by atomic mass is 10.2. The normalized spacial score (nSPS) is 10.3. The molecular weight excluding hydrogens is 330 g/mol. The molecule has 0 saturated carbocycles. The molecule has 0 unspecified atom stereocenters. The third kappa shape index (κ3) is 4.88. The summed E-state index contributed by atoms with van der Waals surface area (Å²) in [6, 6.07) is 7.33. The zero-order valence-electron chi connectivity index (χ0n) is 15.9. The summed E-state index contributed by atoms with van der Waals surface area (Å²) in [6.45, 7) is 5.64. The van der Waals surface area contributed by atoms with Gasteiger partial charge in [-0.25, -0.2) is 0 Å². The molecule has 2 rings (SSSR count). The summed E-state index contributed by atoms with van der Waals surface area (Å²) in [7, 11) is 3.21. The third-order valence-corrected chi connectivity index (χ3v) is 3.95. The lowest BCUT2D eigenvalue weighted by Gasteiger charge is -2.21. The second-order valence-corrected chi connectivity index (χ2v) is 5.95. The first kappa shape index (κ1) is 19.6. The van der Waals surface area contributed by atoms with E-state index in [1.54, 1.807) is 32.7 Å². The number of nitrogens with one attached hydrogen (secondary N) is 1. The number of ether oxygens (including phenoxy) is 2. The molecule has 0 atom stereocenters. The van der Waals surface area contributed by atoms with Gasteiger partial charge in [0, 0.05) is 25.4 Å². The van der Waals surface area contributed by atoms with E-state index in [1.807, 2.05) is 23.1 Å². The number of anilines is 2. The molecule has 6 nitrogen and oxygen atoms in total. The molecule has 140 valence electrons. The molecule has 1 aromatic heterocycles. The van der Waals surface area contributed by atoms with Gasteiger partial charge in [-0.3, -0.25) is 9.78 Å². The van der Waals surface area contributed by atoms with E-state index >= 15 is 0 Å². The molecule has 1 heterocycles. The molecule has 1 aromatic carbocycles. The monoisotopic (exact) mass is 357 g/mol. The molecule has 0 saturated heterocycles. The summed E-state index contributed by atoms with van der Waals surface area (Å²) in [6.07, 6.45) is 5.15. The van der Waals surface area contributed by atoms with Gasteiger partial charge in [-0.15, -0.1) is 0 Å². The summed E-state index contributed by atoms with van der Waals surface area (Å²) in [5.74, 6) is 1.37. The minimum atomic E-state index is 0.00606. The summed E-state index contributed by atoms with van der Waals surface area (Å²) in [5.41, 5.74) is 2.08. The van der Waals surface area contributed by atoms with Gasteiger partial charge in [-0.1, -0.05) is 13.8 Å². The molecule has 0 bridgehead atoms. The summed E-state index contributed by atoms with van der Waals surface area (Å²) in [5, 5.41) is 3.26. The summed E-state index contributed by atoms with van der Waals surface area (Å²) in [4.78, 5) is 18.8. The van der Waals surface area contributed by atoms with Crippen molar-refractivity contribution in [2.24, 2.45) is 0 Å². The fourth-order valence-corrected chi connectivity index (χ4v) is 2.72. The largest absolute Gasteiger partial charge is 0.497 e. The van der Waals surface area contributed by atoms with Crippen molar-refractivity contribution in [1.29, 1.82) is 0 Å². The molecule has 1 amide bonds. The van der Waals surface area contributed by atoms with E-state index in [-0.39, 0.29) is 5.91 Å². The fraction of sp³-hybridized carbons (Fsp3) is 0.400. The van der Waals surface area contributed by atoms with Crippen LogP contribution in [0.1, 0.15) is 37.0 Å². The SMILES string of the molecule is CCCN(CCC)C(=O)c1cncc(Nc2ccc(OC)cc2OC)c1. The van der Waals surface area contributed by atoms with E-state index in [1.165, 1.54) is 0 Å². The van der Waals surface area contributed by atoms with Gasteiger partial charge in [-0.2, -0.15) is 0 Å². The topological polar surface area (TPSA) is 63.7 Å². The van der Waals surface area contributed by atoms with Crippen LogP contribution in [0.3, 0.4) is 0 Å². The summed E-state index contributed by atoms with van der Waals surface area (Å²) >= 11 is 0. The molecule has 0 aliphatic heterocycles. The first-order valence-electron chi connectivity index (χ1n) is 8.86. The van der Waals surface area contributed by atoms with E-state index in [0.29, 0.717) is 17.1 Å². The fourth-order valence-electron chi connectivity index (χ4n) is 2.72. The average Bonchev–Trinajstić information content (AvgIpc) is 2.67. The predicted octanol–water partition coefficient (Wildman–Crippen LogP) is 4.10. The maximum Gasteiger partial charge on any atom is 0.255 e. The molecule has 1 N–H and O–H groups in total. The number of carbonyl (C=O) groups is 1. The van der Waals surface area contributed by atoms with Crippen LogP contribution in [0, 0.1) is 0 Å². The van der Waals surface area contributed by atoms with E-state index in [4.69, 9.17) is 9.47 Å². The Hall–Kier alpha value is -2.76. The number of rotatable bonds is 9. The molecule has 6 heteroatoms. The minimum absolute atomic E-state index is 0.00606. The van der Waals surface area contributed by atoms with Gasteiger partial charge in [0.2, 0.25) is 0 Å². The lowest BCUT2D eigenvalue weighted by molar-refractivity contribution is 0.0755. The zero-order chi connectivity index (χ0) is 18.9. The molecular formula is C20H27N3O3. The van der Waals surface area contributed by atoms with Gasteiger partial charge in [0.05, 0.1) is 37.4 Å². The smallest absolute Gasteiger partial charge is 0.255 e. The van der Waals surface area contributed by atoms with Crippen molar-refractivity contribution >= 4 is 17.3 Å². The van der Waals surface area contributed by atoms with Gasteiger partial charge in [0.15, 0.2) is 0 Å². The first-order valence-corrected chi connectivity index (χ1v) is 8.86.